The van der Waals surface area contributed by atoms with Crippen LogP contribution in [0.25, 0.3) is 17.0 Å². The van der Waals surface area contributed by atoms with Gasteiger partial charge in [-0.2, -0.15) is 4.63 Å². The molecule has 2 N–H and O–H groups in total. The summed E-state index contributed by atoms with van der Waals surface area (Å²) in [5, 5.41) is 11.0. The Hall–Kier alpha value is -2.87. The molecule has 0 aliphatic heterocycles. The van der Waals surface area contributed by atoms with Gasteiger partial charge in [0.1, 0.15) is 5.02 Å². The van der Waals surface area contributed by atoms with E-state index in [9.17, 15) is 9.59 Å². The highest BCUT2D eigenvalue weighted by molar-refractivity contribution is 6.34. The quantitative estimate of drug-likeness (QED) is 0.613. The van der Waals surface area contributed by atoms with E-state index in [1.54, 1.807) is 10.7 Å². The van der Waals surface area contributed by atoms with Crippen molar-refractivity contribution in [2.45, 2.75) is 46.0 Å². The summed E-state index contributed by atoms with van der Waals surface area (Å²) < 4.78 is 6.12. The maximum atomic E-state index is 12.1. The molecule has 0 aliphatic rings. The molecular formula is C20H24ClN5O3. The number of rotatable bonds is 5. The molecular weight excluding hydrogens is 394 g/mol. The number of benzene rings is 1. The number of anilines is 1. The number of halogens is 1. The van der Waals surface area contributed by atoms with Crippen molar-refractivity contribution in [1.29, 1.82) is 0 Å². The molecule has 29 heavy (non-hydrogen) atoms. The van der Waals surface area contributed by atoms with Crippen molar-refractivity contribution < 1.29 is 14.3 Å². The van der Waals surface area contributed by atoms with Crippen LogP contribution in [0.4, 0.5) is 5.69 Å². The van der Waals surface area contributed by atoms with Crippen molar-refractivity contribution in [1.82, 2.24) is 19.8 Å². The van der Waals surface area contributed by atoms with Gasteiger partial charge in [-0.1, -0.05) is 44.5 Å². The summed E-state index contributed by atoms with van der Waals surface area (Å²) in [5.74, 6) is -0.198. The Morgan fingerprint density at radius 1 is 1.28 bits per heavy atom. The lowest BCUT2D eigenvalue weighted by atomic mass is 9.92. The third-order valence-electron chi connectivity index (χ3n) is 4.54. The second kappa shape index (κ2) is 7.87. The zero-order chi connectivity index (χ0) is 21.3. The molecule has 1 aromatic carbocycles. The third kappa shape index (κ3) is 4.42. The second-order valence-corrected chi connectivity index (χ2v) is 8.25. The predicted molar refractivity (Wildman–Crippen MR) is 111 cm³/mol. The Morgan fingerprint density at radius 2 is 2.00 bits per heavy atom. The van der Waals surface area contributed by atoms with E-state index in [-0.39, 0.29) is 24.2 Å². The molecule has 1 amide bonds. The average molecular weight is 418 g/mol. The lowest BCUT2D eigenvalue weighted by Crippen LogP contribution is -2.14. The van der Waals surface area contributed by atoms with Gasteiger partial charge >= 0.3 is 5.97 Å². The number of aromatic amines is 1. The molecule has 3 rings (SSSR count). The van der Waals surface area contributed by atoms with E-state index < -0.39 is 5.97 Å². The minimum Gasteiger partial charge on any atom is -0.469 e. The van der Waals surface area contributed by atoms with Gasteiger partial charge in [-0.05, 0) is 18.6 Å². The predicted octanol–water partition coefficient (Wildman–Crippen LogP) is 3.88. The minimum absolute atomic E-state index is 0.0308. The molecule has 2 heterocycles. The topological polar surface area (TPSA) is 101 Å². The average Bonchev–Trinajstić information content (AvgIpc) is 3.21. The lowest BCUT2D eigenvalue weighted by Gasteiger charge is -2.16. The Labute approximate surface area is 173 Å². The molecule has 0 spiro atoms. The van der Waals surface area contributed by atoms with E-state index in [0.717, 1.165) is 16.8 Å². The fraction of sp³-hybridized carbons (Fsp3) is 0.400. The van der Waals surface area contributed by atoms with Crippen LogP contribution in [-0.4, -0.2) is 38.8 Å². The zero-order valence-corrected chi connectivity index (χ0v) is 17.8. The lowest BCUT2D eigenvalue weighted by molar-refractivity contribution is -0.141. The Bertz CT molecular complexity index is 1080. The number of carbonyl (C=O) groups is 2. The number of aromatic nitrogens is 4. The smallest absolute Gasteiger partial charge is 0.306 e. The number of fused-ring (bicyclic) bond motifs is 1. The van der Waals surface area contributed by atoms with Gasteiger partial charge in [0.15, 0.2) is 11.5 Å². The Balaban J connectivity index is 1.85. The monoisotopic (exact) mass is 417 g/mol. The SMILES string of the molecule is COC(=O)CCC(=O)Nc1cc(-c2nc3c(Cl)c(C(C)(C)C)[nH]n3n2)ccc1C. The van der Waals surface area contributed by atoms with Gasteiger partial charge in [-0.25, -0.2) is 4.98 Å². The fourth-order valence-electron chi connectivity index (χ4n) is 2.84. The van der Waals surface area contributed by atoms with Crippen LogP contribution in [0.2, 0.25) is 5.02 Å². The third-order valence-corrected chi connectivity index (χ3v) is 4.90. The number of methoxy groups -OCH3 is 1. The van der Waals surface area contributed by atoms with Crippen LogP contribution < -0.4 is 5.32 Å². The van der Waals surface area contributed by atoms with Gasteiger partial charge in [-0.15, -0.1) is 5.10 Å². The van der Waals surface area contributed by atoms with Crippen molar-refractivity contribution in [2.75, 3.05) is 12.4 Å². The maximum absolute atomic E-state index is 12.1. The number of hydrogen-bond donors (Lipinski definition) is 2. The van der Waals surface area contributed by atoms with Gasteiger partial charge in [0.25, 0.3) is 0 Å². The number of hydrogen-bond acceptors (Lipinski definition) is 5. The first-order chi connectivity index (χ1) is 13.6. The van der Waals surface area contributed by atoms with E-state index in [0.29, 0.717) is 22.2 Å². The highest BCUT2D eigenvalue weighted by Gasteiger charge is 2.24. The minimum atomic E-state index is -0.422. The molecule has 0 atom stereocenters. The molecule has 0 fully saturated rings. The first-order valence-corrected chi connectivity index (χ1v) is 9.60. The number of ether oxygens (including phenoxy) is 1. The largest absolute Gasteiger partial charge is 0.469 e. The van der Waals surface area contributed by atoms with E-state index in [2.05, 4.69) is 46.0 Å². The molecule has 0 bridgehead atoms. The maximum Gasteiger partial charge on any atom is 0.306 e. The molecule has 0 saturated carbocycles. The standard InChI is InChI=1S/C20H24ClN5O3/c1-11-6-7-12(10-13(11)22-14(27)8-9-15(28)29-5)18-23-19-16(21)17(20(2,3)4)24-26(19)25-18/h6-7,10,24H,8-9H2,1-5H3,(H,22,27). The summed E-state index contributed by atoms with van der Waals surface area (Å²) in [5.41, 5.74) is 3.52. The number of carbonyl (C=O) groups excluding carboxylic acids is 2. The van der Waals surface area contributed by atoms with E-state index in [1.165, 1.54) is 7.11 Å². The molecule has 154 valence electrons. The molecule has 0 aliphatic carbocycles. The highest BCUT2D eigenvalue weighted by atomic mass is 35.5. The number of nitrogens with zero attached hydrogens (tertiary/aromatic N) is 3. The van der Waals surface area contributed by atoms with Gasteiger partial charge in [0.2, 0.25) is 5.91 Å². The number of H-pyrrole nitrogens is 1. The number of nitrogens with one attached hydrogen (secondary N) is 2. The summed E-state index contributed by atoms with van der Waals surface area (Å²) >= 11 is 6.49. The molecule has 0 saturated heterocycles. The van der Waals surface area contributed by atoms with Crippen molar-refractivity contribution in [2.24, 2.45) is 0 Å². The molecule has 0 radical (unpaired) electrons. The van der Waals surface area contributed by atoms with Gasteiger partial charge in [-0.3, -0.25) is 14.7 Å². The second-order valence-electron chi connectivity index (χ2n) is 7.88. The normalized spacial score (nSPS) is 11.7. The zero-order valence-electron chi connectivity index (χ0n) is 17.1. The van der Waals surface area contributed by atoms with Gasteiger partial charge in [0, 0.05) is 23.1 Å². The summed E-state index contributed by atoms with van der Waals surface area (Å²) in [6, 6.07) is 5.56. The first-order valence-electron chi connectivity index (χ1n) is 9.22. The molecule has 9 heteroatoms. The van der Waals surface area contributed by atoms with Crippen LogP contribution in [0.1, 0.15) is 44.9 Å². The van der Waals surface area contributed by atoms with Crippen LogP contribution >= 0.6 is 11.6 Å². The molecule has 8 nitrogen and oxygen atoms in total. The van der Waals surface area contributed by atoms with Crippen LogP contribution in [0.3, 0.4) is 0 Å². The Morgan fingerprint density at radius 3 is 2.62 bits per heavy atom. The van der Waals surface area contributed by atoms with Crippen LogP contribution in [0, 0.1) is 6.92 Å². The van der Waals surface area contributed by atoms with Crippen molar-refractivity contribution in [3.8, 4) is 11.4 Å². The van der Waals surface area contributed by atoms with Crippen LogP contribution in [0.15, 0.2) is 18.2 Å². The van der Waals surface area contributed by atoms with Crippen molar-refractivity contribution in [3.05, 3.63) is 34.5 Å². The van der Waals surface area contributed by atoms with Crippen LogP contribution in [-0.2, 0) is 19.7 Å². The van der Waals surface area contributed by atoms with E-state index in [1.807, 2.05) is 19.1 Å². The summed E-state index contributed by atoms with van der Waals surface area (Å²) in [6.45, 7) is 8.05. The summed E-state index contributed by atoms with van der Waals surface area (Å²) in [7, 11) is 1.30. The summed E-state index contributed by atoms with van der Waals surface area (Å²) in [4.78, 5) is 27.9. The molecule has 0 unspecified atom stereocenters. The first kappa shape index (κ1) is 20.9. The molecule has 2 aromatic heterocycles. The van der Waals surface area contributed by atoms with E-state index >= 15 is 0 Å². The van der Waals surface area contributed by atoms with Gasteiger partial charge < -0.3 is 10.1 Å². The number of amides is 1. The van der Waals surface area contributed by atoms with Crippen molar-refractivity contribution >= 4 is 34.8 Å². The van der Waals surface area contributed by atoms with Gasteiger partial charge in [0.05, 0.1) is 19.2 Å². The number of esters is 1. The summed E-state index contributed by atoms with van der Waals surface area (Å²) in [6.07, 6.45) is 0.0796. The van der Waals surface area contributed by atoms with Crippen LogP contribution in [0.5, 0.6) is 0 Å². The molecule has 3 aromatic rings. The van der Waals surface area contributed by atoms with Crippen molar-refractivity contribution in [3.63, 3.8) is 0 Å². The fourth-order valence-corrected chi connectivity index (χ4v) is 3.29. The highest BCUT2D eigenvalue weighted by Crippen LogP contribution is 2.32. The van der Waals surface area contributed by atoms with E-state index in [4.69, 9.17) is 11.6 Å². The number of aryl methyl sites for hydroxylation is 1. The Kier molecular flexibility index (Phi) is 5.66.